The van der Waals surface area contributed by atoms with Gasteiger partial charge in [-0.2, -0.15) is 0 Å². The number of hydrogen-bond acceptors (Lipinski definition) is 2. The van der Waals surface area contributed by atoms with Gasteiger partial charge in [-0.25, -0.2) is 18.2 Å². The number of hydrogen-bond donors (Lipinski definition) is 1. The second kappa shape index (κ2) is 5.16. The highest BCUT2D eigenvalue weighted by molar-refractivity contribution is 9.10. The van der Waals surface area contributed by atoms with Gasteiger partial charge in [-0.3, -0.25) is 0 Å². The molecule has 0 saturated carbocycles. The van der Waals surface area contributed by atoms with E-state index < -0.39 is 23.1 Å². The smallest absolute Gasteiger partial charge is 0.152 e. The van der Waals surface area contributed by atoms with Crippen molar-refractivity contribution in [1.29, 1.82) is 0 Å². The number of benzene rings is 1. The van der Waals surface area contributed by atoms with Gasteiger partial charge < -0.3 is 5.32 Å². The molecule has 0 aliphatic carbocycles. The molecule has 0 fully saturated rings. The largest absolute Gasteiger partial charge is 0.334 e. The molecule has 0 bridgehead atoms. The number of pyridine rings is 1. The van der Waals surface area contributed by atoms with Crippen LogP contribution in [0.1, 0.15) is 0 Å². The quantitative estimate of drug-likeness (QED) is 0.862. The predicted molar refractivity (Wildman–Crippen MR) is 66.5 cm³/mol. The maximum atomic E-state index is 13.4. The van der Waals surface area contributed by atoms with Crippen LogP contribution in [0.2, 0.25) is 5.02 Å². The molecule has 2 aromatic rings. The lowest BCUT2D eigenvalue weighted by Gasteiger charge is -2.09. The predicted octanol–water partition coefficient (Wildman–Crippen LogP) is 4.66. The third-order valence-corrected chi connectivity index (χ3v) is 2.78. The number of nitrogens with zero attached hydrogens (tertiary/aromatic N) is 1. The standard InChI is InChI=1S/C11H5BrClF3N2/c12-5-1-7(13)11(17-4-5)18-10-8(15)2-6(14)3-9(10)16/h1-4H,(H,17,18). The minimum absolute atomic E-state index is 0.0734. The summed E-state index contributed by atoms with van der Waals surface area (Å²) in [7, 11) is 0. The van der Waals surface area contributed by atoms with Crippen LogP contribution in [0.25, 0.3) is 0 Å². The molecule has 1 N–H and O–H groups in total. The van der Waals surface area contributed by atoms with Crippen molar-refractivity contribution >= 4 is 39.0 Å². The van der Waals surface area contributed by atoms with Crippen LogP contribution in [0.5, 0.6) is 0 Å². The molecule has 0 atom stereocenters. The van der Waals surface area contributed by atoms with Gasteiger partial charge in [-0.1, -0.05) is 11.6 Å². The summed E-state index contributed by atoms with van der Waals surface area (Å²) in [5.41, 5.74) is -0.506. The van der Waals surface area contributed by atoms with E-state index in [2.05, 4.69) is 26.2 Å². The molecule has 0 aliphatic heterocycles. The molecule has 2 rings (SSSR count). The fourth-order valence-electron chi connectivity index (χ4n) is 1.29. The molecule has 7 heteroatoms. The van der Waals surface area contributed by atoms with Crippen molar-refractivity contribution < 1.29 is 13.2 Å². The Morgan fingerprint density at radius 1 is 1.11 bits per heavy atom. The Labute approximate surface area is 114 Å². The van der Waals surface area contributed by atoms with E-state index in [1.807, 2.05) is 0 Å². The average molecular weight is 338 g/mol. The lowest BCUT2D eigenvalue weighted by atomic mass is 10.2. The Morgan fingerprint density at radius 3 is 2.28 bits per heavy atom. The van der Waals surface area contributed by atoms with Gasteiger partial charge in [0.05, 0.1) is 5.02 Å². The van der Waals surface area contributed by atoms with Crippen molar-refractivity contribution in [3.63, 3.8) is 0 Å². The summed E-state index contributed by atoms with van der Waals surface area (Å²) >= 11 is 8.99. The van der Waals surface area contributed by atoms with Crippen LogP contribution in [0.4, 0.5) is 24.7 Å². The Morgan fingerprint density at radius 2 is 1.72 bits per heavy atom. The number of rotatable bonds is 2. The second-order valence-electron chi connectivity index (χ2n) is 3.35. The molecule has 2 nitrogen and oxygen atoms in total. The van der Waals surface area contributed by atoms with Crippen LogP contribution in [0.3, 0.4) is 0 Å². The van der Waals surface area contributed by atoms with E-state index in [4.69, 9.17) is 11.6 Å². The van der Waals surface area contributed by atoms with Gasteiger partial charge in [0.1, 0.15) is 17.3 Å². The van der Waals surface area contributed by atoms with E-state index in [9.17, 15) is 13.2 Å². The zero-order valence-corrected chi connectivity index (χ0v) is 11.0. The van der Waals surface area contributed by atoms with Gasteiger partial charge in [0, 0.05) is 22.8 Å². The molecule has 1 aromatic heterocycles. The molecular weight excluding hydrogens is 332 g/mol. The lowest BCUT2D eigenvalue weighted by molar-refractivity contribution is 0.549. The first kappa shape index (κ1) is 13.2. The van der Waals surface area contributed by atoms with Gasteiger partial charge in [0.15, 0.2) is 11.6 Å². The van der Waals surface area contributed by atoms with Gasteiger partial charge in [0.2, 0.25) is 0 Å². The molecule has 1 aromatic carbocycles. The zero-order valence-electron chi connectivity index (χ0n) is 8.65. The maximum absolute atomic E-state index is 13.4. The Kier molecular flexibility index (Phi) is 3.77. The SMILES string of the molecule is Fc1cc(F)c(Nc2ncc(Br)cc2Cl)c(F)c1. The van der Waals surface area contributed by atoms with E-state index in [0.717, 1.165) is 0 Å². The first-order chi connectivity index (χ1) is 8.47. The second-order valence-corrected chi connectivity index (χ2v) is 4.68. The minimum Gasteiger partial charge on any atom is -0.334 e. The molecule has 0 amide bonds. The molecular formula is C11H5BrClF3N2. The highest BCUT2D eigenvalue weighted by atomic mass is 79.9. The fourth-order valence-corrected chi connectivity index (χ4v) is 1.96. The van der Waals surface area contributed by atoms with Crippen molar-refractivity contribution in [2.45, 2.75) is 0 Å². The molecule has 0 spiro atoms. The first-order valence-electron chi connectivity index (χ1n) is 4.70. The molecule has 0 unspecified atom stereocenters. The minimum atomic E-state index is -1.06. The zero-order chi connectivity index (χ0) is 13.3. The molecule has 18 heavy (non-hydrogen) atoms. The monoisotopic (exact) mass is 336 g/mol. The molecule has 0 aliphatic rings. The van der Waals surface area contributed by atoms with Crippen molar-refractivity contribution in [3.05, 3.63) is 51.3 Å². The number of anilines is 2. The summed E-state index contributed by atoms with van der Waals surface area (Å²) in [4.78, 5) is 3.86. The van der Waals surface area contributed by atoms with E-state index in [1.165, 1.54) is 12.3 Å². The molecule has 1 heterocycles. The summed E-state index contributed by atoms with van der Waals surface area (Å²) in [6.07, 6.45) is 1.41. The normalized spacial score (nSPS) is 10.5. The Balaban J connectivity index is 2.40. The highest BCUT2D eigenvalue weighted by Gasteiger charge is 2.13. The van der Waals surface area contributed by atoms with Crippen LogP contribution >= 0.6 is 27.5 Å². The number of nitrogens with one attached hydrogen (secondary N) is 1. The van der Waals surface area contributed by atoms with Crippen LogP contribution in [-0.4, -0.2) is 4.98 Å². The van der Waals surface area contributed by atoms with Crippen molar-refractivity contribution in [2.75, 3.05) is 5.32 Å². The van der Waals surface area contributed by atoms with Crippen LogP contribution in [0, 0.1) is 17.5 Å². The van der Waals surface area contributed by atoms with E-state index in [1.54, 1.807) is 0 Å². The number of aromatic nitrogens is 1. The van der Waals surface area contributed by atoms with E-state index >= 15 is 0 Å². The maximum Gasteiger partial charge on any atom is 0.152 e. The van der Waals surface area contributed by atoms with Gasteiger partial charge in [0.25, 0.3) is 0 Å². The van der Waals surface area contributed by atoms with Crippen LogP contribution in [0.15, 0.2) is 28.9 Å². The highest BCUT2D eigenvalue weighted by Crippen LogP contribution is 2.29. The summed E-state index contributed by atoms with van der Waals surface area (Å²) < 4.78 is 40.1. The van der Waals surface area contributed by atoms with Gasteiger partial charge in [-0.15, -0.1) is 0 Å². The summed E-state index contributed by atoms with van der Waals surface area (Å²) in [6, 6.07) is 2.65. The molecule has 0 radical (unpaired) electrons. The van der Waals surface area contributed by atoms with Crippen molar-refractivity contribution in [3.8, 4) is 0 Å². The van der Waals surface area contributed by atoms with Crippen LogP contribution in [-0.2, 0) is 0 Å². The molecule has 0 saturated heterocycles. The third kappa shape index (κ3) is 2.76. The lowest BCUT2D eigenvalue weighted by Crippen LogP contribution is -2.01. The molecule has 94 valence electrons. The fraction of sp³-hybridized carbons (Fsp3) is 0. The number of halogens is 5. The van der Waals surface area contributed by atoms with Crippen molar-refractivity contribution in [1.82, 2.24) is 4.98 Å². The van der Waals surface area contributed by atoms with Gasteiger partial charge in [-0.05, 0) is 22.0 Å². The summed E-state index contributed by atoms with van der Waals surface area (Å²) in [5.74, 6) is -3.05. The Hall–Kier alpha value is -1.27. The first-order valence-corrected chi connectivity index (χ1v) is 5.87. The topological polar surface area (TPSA) is 24.9 Å². The summed E-state index contributed by atoms with van der Waals surface area (Å²) in [5, 5.41) is 2.56. The van der Waals surface area contributed by atoms with E-state index in [-0.39, 0.29) is 10.8 Å². The Bertz CT molecular complexity index is 584. The summed E-state index contributed by atoms with van der Waals surface area (Å²) in [6.45, 7) is 0. The van der Waals surface area contributed by atoms with Gasteiger partial charge >= 0.3 is 0 Å². The average Bonchev–Trinajstić information content (AvgIpc) is 2.25. The van der Waals surface area contributed by atoms with Crippen molar-refractivity contribution in [2.24, 2.45) is 0 Å². The third-order valence-electron chi connectivity index (χ3n) is 2.06. The van der Waals surface area contributed by atoms with E-state index in [0.29, 0.717) is 16.6 Å². The van der Waals surface area contributed by atoms with Crippen LogP contribution < -0.4 is 5.32 Å².